The summed E-state index contributed by atoms with van der Waals surface area (Å²) < 4.78 is 19.3. The number of nitrogens with zero attached hydrogens (tertiary/aromatic N) is 3. The Labute approximate surface area is 165 Å². The summed E-state index contributed by atoms with van der Waals surface area (Å²) in [5.41, 5.74) is 5.30. The minimum Gasteiger partial charge on any atom is -0.497 e. The van der Waals surface area contributed by atoms with Gasteiger partial charge in [0.25, 0.3) is 0 Å². The van der Waals surface area contributed by atoms with Crippen molar-refractivity contribution in [3.05, 3.63) is 59.4 Å². The first-order valence-corrected chi connectivity index (χ1v) is 9.68. The fraction of sp³-hybridized carbons (Fsp3) is 0.348. The highest BCUT2D eigenvalue weighted by Gasteiger charge is 2.28. The number of benzene rings is 2. The van der Waals surface area contributed by atoms with Crippen molar-refractivity contribution in [2.24, 2.45) is 4.99 Å². The van der Waals surface area contributed by atoms with Crippen LogP contribution in [0.25, 0.3) is 5.57 Å². The summed E-state index contributed by atoms with van der Waals surface area (Å²) in [7, 11) is 5.85. The van der Waals surface area contributed by atoms with E-state index in [1.54, 1.807) is 19.2 Å². The van der Waals surface area contributed by atoms with Crippen LogP contribution in [0.3, 0.4) is 0 Å². The van der Waals surface area contributed by atoms with Gasteiger partial charge in [-0.15, -0.1) is 0 Å². The van der Waals surface area contributed by atoms with Crippen molar-refractivity contribution < 1.29 is 9.13 Å². The normalized spacial score (nSPS) is 18.8. The molecule has 0 N–H and O–H groups in total. The molecule has 4 nitrogen and oxygen atoms in total. The number of methoxy groups -OCH3 is 1. The predicted molar refractivity (Wildman–Crippen MR) is 114 cm³/mol. The van der Waals surface area contributed by atoms with Crippen LogP contribution in [0.2, 0.25) is 0 Å². The fourth-order valence-corrected chi connectivity index (χ4v) is 4.02. The van der Waals surface area contributed by atoms with Crippen molar-refractivity contribution in [3.63, 3.8) is 0 Å². The fourth-order valence-electron chi connectivity index (χ4n) is 4.02. The molecule has 146 valence electrons. The summed E-state index contributed by atoms with van der Waals surface area (Å²) in [6, 6.07) is 11.1. The van der Waals surface area contributed by atoms with E-state index in [0.29, 0.717) is 0 Å². The molecule has 0 saturated heterocycles. The van der Waals surface area contributed by atoms with Gasteiger partial charge in [0.15, 0.2) is 0 Å². The summed E-state index contributed by atoms with van der Waals surface area (Å²) in [4.78, 5) is 9.09. The second kappa shape index (κ2) is 7.76. The van der Waals surface area contributed by atoms with Crippen molar-refractivity contribution in [3.8, 4) is 5.75 Å². The molecule has 2 aromatic carbocycles. The molecule has 0 spiro atoms. The summed E-state index contributed by atoms with van der Waals surface area (Å²) in [5, 5.41) is 0. The average Bonchev–Trinajstić information content (AvgIpc) is 3.23. The standard InChI is InChI=1S/C23H26FN3O/c1-26(2)9-4-10-27-15-17(21-12-18(24)5-8-23(21)27)11-16-14-25-22-7-6-19(28-3)13-20(16)22/h5-8,11-14,17H,4,9-10,15H2,1-3H3/b16-11+. The molecule has 0 saturated carbocycles. The number of rotatable bonds is 6. The topological polar surface area (TPSA) is 28.1 Å². The molecule has 0 radical (unpaired) electrons. The van der Waals surface area contributed by atoms with Crippen LogP contribution in [0.5, 0.6) is 5.75 Å². The quantitative estimate of drug-likeness (QED) is 0.740. The second-order valence-electron chi connectivity index (χ2n) is 7.68. The van der Waals surface area contributed by atoms with Crippen LogP contribution in [-0.2, 0) is 0 Å². The SMILES string of the molecule is COc1ccc2c(c1)/C(=C/C1CN(CCCN(C)C)c3ccc(F)cc31)C=N2. The lowest BCUT2D eigenvalue weighted by atomic mass is 9.96. The van der Waals surface area contributed by atoms with Crippen molar-refractivity contribution in [2.45, 2.75) is 12.3 Å². The molecule has 0 aromatic heterocycles. The molecule has 0 bridgehead atoms. The van der Waals surface area contributed by atoms with E-state index in [0.717, 1.165) is 59.9 Å². The Kier molecular flexibility index (Phi) is 5.18. The predicted octanol–water partition coefficient (Wildman–Crippen LogP) is 4.49. The Morgan fingerprint density at radius 3 is 2.89 bits per heavy atom. The third-order valence-corrected chi connectivity index (χ3v) is 5.42. The minimum atomic E-state index is -0.181. The first-order valence-electron chi connectivity index (χ1n) is 9.68. The van der Waals surface area contributed by atoms with Crippen LogP contribution in [0.1, 0.15) is 23.5 Å². The van der Waals surface area contributed by atoms with Gasteiger partial charge < -0.3 is 14.5 Å². The highest BCUT2D eigenvalue weighted by Crippen LogP contribution is 2.41. The molecule has 28 heavy (non-hydrogen) atoms. The first kappa shape index (κ1) is 18.7. The highest BCUT2D eigenvalue weighted by molar-refractivity contribution is 6.16. The molecule has 1 unspecified atom stereocenters. The Balaban J connectivity index is 1.62. The first-order chi connectivity index (χ1) is 13.5. The Bertz CT molecular complexity index is 935. The molecule has 4 rings (SSSR count). The van der Waals surface area contributed by atoms with Gasteiger partial charge in [0, 0.05) is 36.5 Å². The van der Waals surface area contributed by atoms with Crippen LogP contribution in [-0.4, -0.2) is 52.0 Å². The molecular formula is C23H26FN3O. The van der Waals surface area contributed by atoms with E-state index in [1.807, 2.05) is 30.5 Å². The third-order valence-electron chi connectivity index (χ3n) is 5.42. The van der Waals surface area contributed by atoms with E-state index in [9.17, 15) is 4.39 Å². The summed E-state index contributed by atoms with van der Waals surface area (Å²) in [5.74, 6) is 0.779. The number of ether oxygens (including phenoxy) is 1. The van der Waals surface area contributed by atoms with Gasteiger partial charge in [0.05, 0.1) is 12.8 Å². The largest absolute Gasteiger partial charge is 0.497 e. The lowest BCUT2D eigenvalue weighted by Gasteiger charge is -2.21. The van der Waals surface area contributed by atoms with E-state index in [1.165, 1.54) is 0 Å². The zero-order valence-electron chi connectivity index (χ0n) is 16.7. The molecule has 2 aliphatic heterocycles. The van der Waals surface area contributed by atoms with Gasteiger partial charge in [0.2, 0.25) is 0 Å². The molecule has 0 amide bonds. The van der Waals surface area contributed by atoms with Gasteiger partial charge in [-0.1, -0.05) is 6.08 Å². The van der Waals surface area contributed by atoms with Crippen LogP contribution in [0, 0.1) is 5.82 Å². The lowest BCUT2D eigenvalue weighted by Crippen LogP contribution is -2.26. The van der Waals surface area contributed by atoms with Crippen LogP contribution >= 0.6 is 0 Å². The molecule has 2 aromatic rings. The van der Waals surface area contributed by atoms with Gasteiger partial charge in [-0.2, -0.15) is 0 Å². The monoisotopic (exact) mass is 379 g/mol. The molecular weight excluding hydrogens is 353 g/mol. The Morgan fingerprint density at radius 1 is 1.25 bits per heavy atom. The van der Waals surface area contributed by atoms with Gasteiger partial charge in [-0.05, 0) is 74.6 Å². The van der Waals surface area contributed by atoms with Crippen LogP contribution < -0.4 is 9.64 Å². The number of halogens is 1. The van der Waals surface area contributed by atoms with Crippen molar-refractivity contribution in [2.75, 3.05) is 45.7 Å². The van der Waals surface area contributed by atoms with Gasteiger partial charge in [0.1, 0.15) is 11.6 Å². The summed E-state index contributed by atoms with van der Waals surface area (Å²) in [6.45, 7) is 2.87. The zero-order chi connectivity index (χ0) is 19.7. The van der Waals surface area contributed by atoms with Gasteiger partial charge in [-0.3, -0.25) is 4.99 Å². The summed E-state index contributed by atoms with van der Waals surface area (Å²) in [6.07, 6.45) is 5.20. The van der Waals surface area contributed by atoms with E-state index in [4.69, 9.17) is 4.74 Å². The van der Waals surface area contributed by atoms with E-state index in [2.05, 4.69) is 35.0 Å². The molecule has 0 fully saturated rings. The maximum atomic E-state index is 14.0. The number of fused-ring (bicyclic) bond motifs is 2. The number of hydrogen-bond donors (Lipinski definition) is 0. The van der Waals surface area contributed by atoms with Crippen molar-refractivity contribution in [1.29, 1.82) is 0 Å². The van der Waals surface area contributed by atoms with Crippen molar-refractivity contribution in [1.82, 2.24) is 4.90 Å². The maximum absolute atomic E-state index is 14.0. The maximum Gasteiger partial charge on any atom is 0.123 e. The Hall–Kier alpha value is -2.66. The number of anilines is 1. The number of aliphatic imine (C=N–C) groups is 1. The van der Waals surface area contributed by atoms with E-state index in [-0.39, 0.29) is 11.7 Å². The van der Waals surface area contributed by atoms with Gasteiger partial charge >= 0.3 is 0 Å². The lowest BCUT2D eigenvalue weighted by molar-refractivity contribution is 0.400. The van der Waals surface area contributed by atoms with Crippen LogP contribution in [0.4, 0.5) is 15.8 Å². The molecule has 2 aliphatic rings. The van der Waals surface area contributed by atoms with Crippen molar-refractivity contribution >= 4 is 23.2 Å². The highest BCUT2D eigenvalue weighted by atomic mass is 19.1. The Morgan fingerprint density at radius 2 is 2.11 bits per heavy atom. The molecule has 5 heteroatoms. The second-order valence-corrected chi connectivity index (χ2v) is 7.68. The van der Waals surface area contributed by atoms with E-state index < -0.39 is 0 Å². The number of allylic oxidation sites excluding steroid dienone is 1. The van der Waals surface area contributed by atoms with Crippen LogP contribution in [0.15, 0.2) is 47.5 Å². The minimum absolute atomic E-state index is 0.142. The smallest absolute Gasteiger partial charge is 0.123 e. The summed E-state index contributed by atoms with van der Waals surface area (Å²) >= 11 is 0. The average molecular weight is 379 g/mol. The van der Waals surface area contributed by atoms with Gasteiger partial charge in [-0.25, -0.2) is 4.39 Å². The molecule has 1 atom stereocenters. The van der Waals surface area contributed by atoms with E-state index >= 15 is 0 Å². The third kappa shape index (κ3) is 3.67. The zero-order valence-corrected chi connectivity index (χ0v) is 16.7. The molecule has 2 heterocycles. The molecule has 0 aliphatic carbocycles. The number of hydrogen-bond acceptors (Lipinski definition) is 4.